The first-order valence-electron chi connectivity index (χ1n) is 7.95. The van der Waals surface area contributed by atoms with Crippen LogP contribution in [0.4, 0.5) is 10.1 Å². The molecule has 128 valence electrons. The summed E-state index contributed by atoms with van der Waals surface area (Å²) in [7, 11) is 0. The molecule has 1 saturated carbocycles. The van der Waals surface area contributed by atoms with E-state index < -0.39 is 22.6 Å². The Bertz CT molecular complexity index is 934. The Kier molecular flexibility index (Phi) is 3.48. The Balaban J connectivity index is 2.59. The lowest BCUT2D eigenvalue weighted by Crippen LogP contribution is -2.24. The normalized spacial score (nSPS) is 15.0. The second kappa shape index (κ2) is 5.06. The third-order valence-corrected chi connectivity index (χ3v) is 4.61. The maximum absolute atomic E-state index is 14.9. The largest absolute Gasteiger partial charge is 0.477 e. The van der Waals surface area contributed by atoms with Gasteiger partial charge in [-0.15, -0.1) is 0 Å². The van der Waals surface area contributed by atoms with Crippen molar-refractivity contribution in [3.05, 3.63) is 38.9 Å². The van der Waals surface area contributed by atoms with Crippen LogP contribution in [0.25, 0.3) is 10.9 Å². The number of hydrogen-bond donors (Lipinski definition) is 2. The summed E-state index contributed by atoms with van der Waals surface area (Å²) in [6.45, 7) is 7.42. The van der Waals surface area contributed by atoms with Crippen LogP contribution in [-0.2, 0) is 5.41 Å². The Labute approximate surface area is 138 Å². The Morgan fingerprint density at radius 3 is 2.42 bits per heavy atom. The number of halogens is 1. The van der Waals surface area contributed by atoms with Crippen LogP contribution in [0.5, 0.6) is 0 Å². The molecule has 3 rings (SSSR count). The first kappa shape index (κ1) is 16.5. The van der Waals surface area contributed by atoms with Gasteiger partial charge in [-0.25, -0.2) is 9.18 Å². The van der Waals surface area contributed by atoms with Crippen molar-refractivity contribution in [3.63, 3.8) is 0 Å². The molecular formula is C18H21FN2O3. The highest BCUT2D eigenvalue weighted by atomic mass is 19.1. The molecule has 1 aromatic heterocycles. The van der Waals surface area contributed by atoms with Gasteiger partial charge in [-0.1, -0.05) is 20.8 Å². The van der Waals surface area contributed by atoms with Crippen LogP contribution in [0.2, 0.25) is 0 Å². The van der Waals surface area contributed by atoms with Crippen molar-refractivity contribution in [2.45, 2.75) is 52.0 Å². The van der Waals surface area contributed by atoms with Gasteiger partial charge in [0.25, 0.3) is 0 Å². The summed E-state index contributed by atoms with van der Waals surface area (Å²) in [5.41, 5.74) is 5.77. The summed E-state index contributed by atoms with van der Waals surface area (Å²) in [5, 5.41) is 9.29. The van der Waals surface area contributed by atoms with Crippen LogP contribution in [0.3, 0.4) is 0 Å². The number of fused-ring (bicyclic) bond motifs is 1. The van der Waals surface area contributed by atoms with Crippen molar-refractivity contribution in [2.24, 2.45) is 0 Å². The fourth-order valence-electron chi connectivity index (χ4n) is 3.48. The lowest BCUT2D eigenvalue weighted by Gasteiger charge is -2.26. The number of carboxylic acid groups (broad SMARTS) is 1. The Morgan fingerprint density at radius 1 is 1.38 bits per heavy atom. The third kappa shape index (κ3) is 2.28. The smallest absolute Gasteiger partial charge is 0.341 e. The van der Waals surface area contributed by atoms with Crippen LogP contribution >= 0.6 is 0 Å². The van der Waals surface area contributed by atoms with E-state index in [4.69, 9.17) is 5.73 Å². The molecule has 1 fully saturated rings. The molecule has 1 aromatic carbocycles. The van der Waals surface area contributed by atoms with Gasteiger partial charge in [-0.05, 0) is 30.7 Å². The molecule has 0 radical (unpaired) electrons. The van der Waals surface area contributed by atoms with E-state index in [0.717, 1.165) is 12.8 Å². The van der Waals surface area contributed by atoms with Crippen molar-refractivity contribution >= 4 is 22.6 Å². The van der Waals surface area contributed by atoms with Crippen LogP contribution in [0, 0.1) is 12.7 Å². The molecule has 0 aliphatic heterocycles. The molecule has 3 N–H and O–H groups in total. The van der Waals surface area contributed by atoms with E-state index in [1.807, 2.05) is 20.8 Å². The number of carbonyl (C=O) groups is 1. The molecule has 6 heteroatoms. The fraction of sp³-hybridized carbons (Fsp3) is 0.444. The summed E-state index contributed by atoms with van der Waals surface area (Å²) < 4.78 is 16.7. The minimum absolute atomic E-state index is 0.0233. The maximum atomic E-state index is 14.9. The van der Waals surface area contributed by atoms with E-state index in [0.29, 0.717) is 16.6 Å². The second-order valence-corrected chi connectivity index (χ2v) is 7.52. The minimum Gasteiger partial charge on any atom is -0.477 e. The molecule has 5 nitrogen and oxygen atoms in total. The number of aromatic carboxylic acids is 1. The van der Waals surface area contributed by atoms with E-state index in [1.54, 1.807) is 11.5 Å². The first-order chi connectivity index (χ1) is 11.1. The number of benzene rings is 1. The molecule has 0 bridgehead atoms. The highest BCUT2D eigenvalue weighted by Gasteiger charge is 2.32. The highest BCUT2D eigenvalue weighted by molar-refractivity contribution is 5.99. The molecule has 2 aromatic rings. The van der Waals surface area contributed by atoms with Crippen LogP contribution in [0.1, 0.15) is 61.1 Å². The van der Waals surface area contributed by atoms with E-state index in [-0.39, 0.29) is 22.7 Å². The van der Waals surface area contributed by atoms with Gasteiger partial charge in [-0.2, -0.15) is 0 Å². The summed E-state index contributed by atoms with van der Waals surface area (Å²) in [6, 6.07) is 0.127. The van der Waals surface area contributed by atoms with Gasteiger partial charge in [0, 0.05) is 17.8 Å². The highest BCUT2D eigenvalue weighted by Crippen LogP contribution is 2.42. The number of nitrogens with two attached hydrogens (primary N) is 1. The molecule has 24 heavy (non-hydrogen) atoms. The second-order valence-electron chi connectivity index (χ2n) is 7.52. The number of rotatable bonds is 2. The van der Waals surface area contributed by atoms with Crippen LogP contribution in [-0.4, -0.2) is 15.6 Å². The lowest BCUT2D eigenvalue weighted by molar-refractivity contribution is 0.0695. The van der Waals surface area contributed by atoms with Crippen molar-refractivity contribution in [1.29, 1.82) is 0 Å². The third-order valence-electron chi connectivity index (χ3n) is 4.61. The van der Waals surface area contributed by atoms with E-state index in [1.165, 1.54) is 6.20 Å². The molecule has 0 unspecified atom stereocenters. The van der Waals surface area contributed by atoms with Crippen molar-refractivity contribution in [3.8, 4) is 0 Å². The summed E-state index contributed by atoms with van der Waals surface area (Å²) in [4.78, 5) is 24.0. The zero-order valence-corrected chi connectivity index (χ0v) is 14.2. The standard InChI is InChI=1S/C18H21FN2O3/c1-8-12(18(2,3)4)13(19)14(20)11-15(8)21(9-5-6-9)7-10(16(11)22)17(23)24/h7,9H,5-6,20H2,1-4H3,(H,23,24). The maximum Gasteiger partial charge on any atom is 0.341 e. The average Bonchev–Trinajstić information content (AvgIpc) is 3.27. The molecule has 0 saturated heterocycles. The number of aryl methyl sites for hydroxylation is 1. The van der Waals surface area contributed by atoms with Crippen LogP contribution in [0.15, 0.2) is 11.0 Å². The molecular weight excluding hydrogens is 311 g/mol. The summed E-state index contributed by atoms with van der Waals surface area (Å²) in [5.74, 6) is -1.96. The van der Waals surface area contributed by atoms with Crippen molar-refractivity contribution < 1.29 is 14.3 Å². The molecule has 0 spiro atoms. The number of anilines is 1. The number of aromatic nitrogens is 1. The topological polar surface area (TPSA) is 85.3 Å². The predicted octanol–water partition coefficient (Wildman–Crippen LogP) is 3.36. The number of carboxylic acids is 1. The quantitative estimate of drug-likeness (QED) is 0.826. The Morgan fingerprint density at radius 2 is 1.96 bits per heavy atom. The number of nitrogen functional groups attached to an aromatic ring is 1. The van der Waals surface area contributed by atoms with E-state index in [9.17, 15) is 19.1 Å². The SMILES string of the molecule is Cc1c(C(C)(C)C)c(F)c(N)c2c(=O)c(C(=O)O)cn(C3CC3)c12. The van der Waals surface area contributed by atoms with Gasteiger partial charge >= 0.3 is 5.97 Å². The zero-order chi connectivity index (χ0) is 18.0. The Hall–Kier alpha value is -2.37. The number of hydrogen-bond acceptors (Lipinski definition) is 3. The monoisotopic (exact) mass is 332 g/mol. The molecule has 1 heterocycles. The van der Waals surface area contributed by atoms with Crippen molar-refractivity contribution in [2.75, 3.05) is 5.73 Å². The van der Waals surface area contributed by atoms with Gasteiger partial charge in [0.1, 0.15) is 5.56 Å². The van der Waals surface area contributed by atoms with E-state index >= 15 is 0 Å². The molecule has 1 aliphatic rings. The first-order valence-corrected chi connectivity index (χ1v) is 7.95. The van der Waals surface area contributed by atoms with Crippen LogP contribution < -0.4 is 11.2 Å². The van der Waals surface area contributed by atoms with Crippen molar-refractivity contribution in [1.82, 2.24) is 4.57 Å². The van der Waals surface area contributed by atoms with Gasteiger partial charge in [0.2, 0.25) is 5.43 Å². The van der Waals surface area contributed by atoms with Gasteiger partial charge < -0.3 is 15.4 Å². The number of pyridine rings is 1. The predicted molar refractivity (Wildman–Crippen MR) is 91.2 cm³/mol. The van der Waals surface area contributed by atoms with E-state index in [2.05, 4.69) is 0 Å². The van der Waals surface area contributed by atoms with Gasteiger partial charge in [0.15, 0.2) is 5.82 Å². The lowest BCUT2D eigenvalue weighted by atomic mass is 9.82. The fourth-order valence-corrected chi connectivity index (χ4v) is 3.48. The molecule has 1 aliphatic carbocycles. The zero-order valence-electron chi connectivity index (χ0n) is 14.2. The summed E-state index contributed by atoms with van der Waals surface area (Å²) >= 11 is 0. The average molecular weight is 332 g/mol. The number of nitrogens with zero attached hydrogens (tertiary/aromatic N) is 1. The van der Waals surface area contributed by atoms with Gasteiger partial charge in [0.05, 0.1) is 16.6 Å². The molecule has 0 amide bonds. The molecule has 0 atom stereocenters. The summed E-state index contributed by atoms with van der Waals surface area (Å²) in [6.07, 6.45) is 3.18. The minimum atomic E-state index is -1.33. The van der Waals surface area contributed by atoms with Gasteiger partial charge in [-0.3, -0.25) is 4.79 Å².